The van der Waals surface area contributed by atoms with Gasteiger partial charge in [0.05, 0.1) is 12.2 Å². The summed E-state index contributed by atoms with van der Waals surface area (Å²) in [5.41, 5.74) is 2.61. The molecule has 1 N–H and O–H groups in total. The number of aldehydes is 1. The Kier molecular flexibility index (Phi) is 6.15. The van der Waals surface area contributed by atoms with Crippen LogP contribution in [0.2, 0.25) is 0 Å². The van der Waals surface area contributed by atoms with Crippen LogP contribution in [-0.2, 0) is 24.1 Å². The second-order valence-corrected chi connectivity index (χ2v) is 6.28. The van der Waals surface area contributed by atoms with E-state index in [2.05, 4.69) is 22.6 Å². The Morgan fingerprint density at radius 1 is 1.25 bits per heavy atom. The molecule has 1 saturated heterocycles. The van der Waals surface area contributed by atoms with Gasteiger partial charge in [-0.05, 0) is 30.7 Å². The maximum Gasteiger partial charge on any atom is 0.155 e. The van der Waals surface area contributed by atoms with Crippen molar-refractivity contribution in [2.45, 2.75) is 32.2 Å². The molecule has 1 aliphatic heterocycles. The van der Waals surface area contributed by atoms with E-state index in [1.165, 1.54) is 5.56 Å². The van der Waals surface area contributed by atoms with Crippen molar-refractivity contribution in [1.29, 1.82) is 0 Å². The van der Waals surface area contributed by atoms with Crippen molar-refractivity contribution in [2.24, 2.45) is 5.92 Å². The number of ether oxygens (including phenoxy) is 1. The van der Waals surface area contributed by atoms with Crippen molar-refractivity contribution in [3.8, 4) is 0 Å². The molecule has 1 aromatic carbocycles. The summed E-state index contributed by atoms with van der Waals surface area (Å²) in [7, 11) is 0. The van der Waals surface area contributed by atoms with Crippen LogP contribution in [0.1, 0.15) is 40.2 Å². The van der Waals surface area contributed by atoms with Crippen LogP contribution in [0.4, 0.5) is 0 Å². The van der Waals surface area contributed by atoms with Crippen molar-refractivity contribution < 1.29 is 14.1 Å². The summed E-state index contributed by atoms with van der Waals surface area (Å²) < 4.78 is 10.8. The second kappa shape index (κ2) is 8.76. The summed E-state index contributed by atoms with van der Waals surface area (Å²) in [6.07, 6.45) is 4.59. The molecule has 3 rings (SSSR count). The fourth-order valence-corrected chi connectivity index (χ4v) is 3.05. The van der Waals surface area contributed by atoms with E-state index in [1.807, 2.05) is 18.2 Å². The quantitative estimate of drug-likeness (QED) is 0.717. The van der Waals surface area contributed by atoms with Gasteiger partial charge in [0.2, 0.25) is 0 Å². The maximum absolute atomic E-state index is 11.4. The molecule has 1 unspecified atom stereocenters. The lowest BCUT2D eigenvalue weighted by Crippen LogP contribution is -2.23. The third-order valence-electron chi connectivity index (χ3n) is 4.46. The molecule has 1 aromatic heterocycles. The van der Waals surface area contributed by atoms with Crippen molar-refractivity contribution in [1.82, 2.24) is 10.5 Å². The first-order valence-corrected chi connectivity index (χ1v) is 8.62. The van der Waals surface area contributed by atoms with Crippen LogP contribution in [-0.4, -0.2) is 31.2 Å². The molecule has 0 saturated carbocycles. The SMILES string of the molecule is O=Cc1c(CNCC2CCOC2)noc1CCCc1ccccc1. The molecule has 1 aliphatic rings. The van der Waals surface area contributed by atoms with E-state index >= 15 is 0 Å². The summed E-state index contributed by atoms with van der Waals surface area (Å²) in [6, 6.07) is 10.3. The Balaban J connectivity index is 1.48. The number of rotatable bonds is 9. The molecule has 0 aliphatic carbocycles. The average Bonchev–Trinajstić information content (AvgIpc) is 3.26. The number of aromatic nitrogens is 1. The van der Waals surface area contributed by atoms with Crippen molar-refractivity contribution in [3.63, 3.8) is 0 Å². The van der Waals surface area contributed by atoms with Crippen LogP contribution in [0.25, 0.3) is 0 Å². The summed E-state index contributed by atoms with van der Waals surface area (Å²) in [5, 5.41) is 7.43. The molecule has 0 amide bonds. The molecular weight excluding hydrogens is 304 g/mol. The van der Waals surface area contributed by atoms with Crippen molar-refractivity contribution in [2.75, 3.05) is 19.8 Å². The lowest BCUT2D eigenvalue weighted by atomic mass is 10.1. The largest absolute Gasteiger partial charge is 0.381 e. The van der Waals surface area contributed by atoms with Gasteiger partial charge < -0.3 is 14.6 Å². The zero-order valence-electron chi connectivity index (χ0n) is 13.9. The van der Waals surface area contributed by atoms with Crippen LogP contribution < -0.4 is 5.32 Å². The maximum atomic E-state index is 11.4. The normalized spacial score (nSPS) is 17.2. The van der Waals surface area contributed by atoms with Crippen molar-refractivity contribution >= 4 is 6.29 Å². The zero-order chi connectivity index (χ0) is 16.6. The Labute approximate surface area is 142 Å². The molecular formula is C19H24N2O3. The molecule has 0 radical (unpaired) electrons. The number of hydrogen-bond acceptors (Lipinski definition) is 5. The predicted molar refractivity (Wildman–Crippen MR) is 91.0 cm³/mol. The van der Waals surface area contributed by atoms with E-state index in [1.54, 1.807) is 0 Å². The number of nitrogens with zero attached hydrogens (tertiary/aromatic N) is 1. The second-order valence-electron chi connectivity index (χ2n) is 6.28. The van der Waals surface area contributed by atoms with E-state index in [0.29, 0.717) is 29.5 Å². The van der Waals surface area contributed by atoms with E-state index in [9.17, 15) is 4.79 Å². The Morgan fingerprint density at radius 3 is 2.88 bits per heavy atom. The molecule has 5 nitrogen and oxygen atoms in total. The molecule has 1 fully saturated rings. The summed E-state index contributed by atoms with van der Waals surface area (Å²) in [4.78, 5) is 11.4. The first-order valence-electron chi connectivity index (χ1n) is 8.62. The monoisotopic (exact) mass is 328 g/mol. The van der Waals surface area contributed by atoms with E-state index in [0.717, 1.165) is 51.7 Å². The molecule has 128 valence electrons. The minimum absolute atomic E-state index is 0.557. The van der Waals surface area contributed by atoms with Gasteiger partial charge >= 0.3 is 0 Å². The smallest absolute Gasteiger partial charge is 0.155 e. The van der Waals surface area contributed by atoms with Crippen LogP contribution in [0.3, 0.4) is 0 Å². The number of hydrogen-bond donors (Lipinski definition) is 1. The zero-order valence-corrected chi connectivity index (χ0v) is 13.9. The van der Waals surface area contributed by atoms with Crippen molar-refractivity contribution in [3.05, 3.63) is 52.9 Å². The fraction of sp³-hybridized carbons (Fsp3) is 0.474. The summed E-state index contributed by atoms with van der Waals surface area (Å²) in [6.45, 7) is 3.11. The van der Waals surface area contributed by atoms with Gasteiger partial charge in [0.15, 0.2) is 6.29 Å². The molecule has 1 atom stereocenters. The molecule has 2 heterocycles. The molecule has 24 heavy (non-hydrogen) atoms. The first kappa shape index (κ1) is 16.9. The van der Waals surface area contributed by atoms with Gasteiger partial charge in [-0.15, -0.1) is 0 Å². The number of carbonyl (C=O) groups excluding carboxylic acids is 1. The molecule has 0 bridgehead atoms. The minimum Gasteiger partial charge on any atom is -0.381 e. The summed E-state index contributed by atoms with van der Waals surface area (Å²) in [5.74, 6) is 1.25. The van der Waals surface area contributed by atoms with Gasteiger partial charge in [-0.1, -0.05) is 35.5 Å². The first-order chi connectivity index (χ1) is 11.9. The van der Waals surface area contributed by atoms with Gasteiger partial charge in [0.25, 0.3) is 0 Å². The van der Waals surface area contributed by atoms with Crippen LogP contribution in [0, 0.1) is 5.92 Å². The Hall–Kier alpha value is -1.98. The van der Waals surface area contributed by atoms with Crippen LogP contribution in [0.15, 0.2) is 34.9 Å². The average molecular weight is 328 g/mol. The predicted octanol–water partition coefficient (Wildman–Crippen LogP) is 2.79. The van der Waals surface area contributed by atoms with Gasteiger partial charge in [-0.3, -0.25) is 4.79 Å². The fourth-order valence-electron chi connectivity index (χ4n) is 3.05. The van der Waals surface area contributed by atoms with Gasteiger partial charge in [0.1, 0.15) is 11.5 Å². The minimum atomic E-state index is 0.557. The highest BCUT2D eigenvalue weighted by molar-refractivity contribution is 5.77. The molecule has 0 spiro atoms. The Morgan fingerprint density at radius 2 is 2.12 bits per heavy atom. The van der Waals surface area contributed by atoms with Gasteiger partial charge in [-0.2, -0.15) is 0 Å². The molecule has 2 aromatic rings. The van der Waals surface area contributed by atoms with Gasteiger partial charge in [0, 0.05) is 26.1 Å². The number of aryl methyl sites for hydroxylation is 2. The van der Waals surface area contributed by atoms with Crippen LogP contribution in [0.5, 0.6) is 0 Å². The third kappa shape index (κ3) is 4.52. The van der Waals surface area contributed by atoms with E-state index < -0.39 is 0 Å². The highest BCUT2D eigenvalue weighted by Crippen LogP contribution is 2.16. The van der Waals surface area contributed by atoms with E-state index in [4.69, 9.17) is 9.26 Å². The molecule has 5 heteroatoms. The highest BCUT2D eigenvalue weighted by atomic mass is 16.5. The lowest BCUT2D eigenvalue weighted by molar-refractivity contribution is 0.112. The topological polar surface area (TPSA) is 64.4 Å². The van der Waals surface area contributed by atoms with E-state index in [-0.39, 0.29) is 0 Å². The highest BCUT2D eigenvalue weighted by Gasteiger charge is 2.17. The standard InChI is InChI=1S/C19H24N2O3/c22-13-17-18(12-20-11-16-9-10-23-14-16)21-24-19(17)8-4-7-15-5-2-1-3-6-15/h1-3,5-6,13,16,20H,4,7-12,14H2. The number of benzene rings is 1. The van der Waals surface area contributed by atoms with Crippen LogP contribution >= 0.6 is 0 Å². The third-order valence-corrected chi connectivity index (χ3v) is 4.46. The number of carbonyl (C=O) groups is 1. The summed E-state index contributed by atoms with van der Waals surface area (Å²) >= 11 is 0. The lowest BCUT2D eigenvalue weighted by Gasteiger charge is -2.07. The van der Waals surface area contributed by atoms with Gasteiger partial charge in [-0.25, -0.2) is 0 Å². The Bertz CT molecular complexity index is 633. The number of nitrogens with one attached hydrogen (secondary N) is 1.